The molecule has 0 aliphatic carbocycles. The number of ether oxygens (including phenoxy) is 1. The van der Waals surface area contributed by atoms with E-state index in [4.69, 9.17) is 16.3 Å². The van der Waals surface area contributed by atoms with E-state index in [2.05, 4.69) is 15.6 Å². The lowest BCUT2D eigenvalue weighted by Gasteiger charge is -2.08. The monoisotopic (exact) mass is 370 g/mol. The Hall–Kier alpha value is -2.86. The number of halogens is 1. The molecular formula is C19H19ClN4O2. The lowest BCUT2D eigenvalue weighted by Crippen LogP contribution is -2.14. The number of amides is 1. The zero-order valence-corrected chi connectivity index (χ0v) is 15.8. The Morgan fingerprint density at radius 2 is 1.81 bits per heavy atom. The normalized spacial score (nSPS) is 10.7. The fourth-order valence-electron chi connectivity index (χ4n) is 2.81. The predicted octanol–water partition coefficient (Wildman–Crippen LogP) is 4.11. The molecule has 6 nitrogen and oxygen atoms in total. The van der Waals surface area contributed by atoms with E-state index in [0.717, 1.165) is 16.8 Å². The number of hydrogen-bond donors (Lipinski definition) is 1. The van der Waals surface area contributed by atoms with Crippen molar-refractivity contribution in [2.75, 3.05) is 12.4 Å². The SMILES string of the molecule is COc1ccc(-n2nnc(C(=O)Nc3cc(C)cc(C)c3)c2C)cc1Cl. The summed E-state index contributed by atoms with van der Waals surface area (Å²) in [7, 11) is 1.55. The highest BCUT2D eigenvalue weighted by Crippen LogP contribution is 2.27. The van der Waals surface area contributed by atoms with Crippen molar-refractivity contribution in [3.8, 4) is 11.4 Å². The number of aromatic nitrogens is 3. The highest BCUT2D eigenvalue weighted by molar-refractivity contribution is 6.32. The number of nitrogens with zero attached hydrogens (tertiary/aromatic N) is 3. The molecule has 0 unspecified atom stereocenters. The first kappa shape index (κ1) is 17.9. The van der Waals surface area contributed by atoms with Crippen molar-refractivity contribution in [1.82, 2.24) is 15.0 Å². The summed E-state index contributed by atoms with van der Waals surface area (Å²) in [6.07, 6.45) is 0. The van der Waals surface area contributed by atoms with Crippen LogP contribution in [-0.4, -0.2) is 28.0 Å². The number of anilines is 1. The number of benzene rings is 2. The Labute approximate surface area is 156 Å². The van der Waals surface area contributed by atoms with Crippen molar-refractivity contribution in [2.24, 2.45) is 0 Å². The minimum Gasteiger partial charge on any atom is -0.495 e. The summed E-state index contributed by atoms with van der Waals surface area (Å²) in [5.41, 5.74) is 4.46. The number of carbonyl (C=O) groups is 1. The molecule has 0 aliphatic rings. The van der Waals surface area contributed by atoms with E-state index in [1.54, 1.807) is 36.9 Å². The molecule has 7 heteroatoms. The molecule has 0 aliphatic heterocycles. The molecule has 26 heavy (non-hydrogen) atoms. The molecule has 0 spiro atoms. The van der Waals surface area contributed by atoms with Crippen LogP contribution >= 0.6 is 11.6 Å². The maximum atomic E-state index is 12.6. The second-order valence-electron chi connectivity index (χ2n) is 6.08. The van der Waals surface area contributed by atoms with Crippen LogP contribution in [0.15, 0.2) is 36.4 Å². The summed E-state index contributed by atoms with van der Waals surface area (Å²) in [6.45, 7) is 5.75. The minimum atomic E-state index is -0.307. The first-order valence-electron chi connectivity index (χ1n) is 8.05. The van der Waals surface area contributed by atoms with Gasteiger partial charge in [-0.05, 0) is 62.2 Å². The van der Waals surface area contributed by atoms with Gasteiger partial charge < -0.3 is 10.1 Å². The molecule has 0 saturated carbocycles. The van der Waals surface area contributed by atoms with Crippen LogP contribution in [0, 0.1) is 20.8 Å². The van der Waals surface area contributed by atoms with E-state index in [1.165, 1.54) is 0 Å². The van der Waals surface area contributed by atoms with Gasteiger partial charge in [0, 0.05) is 5.69 Å². The third-order valence-electron chi connectivity index (χ3n) is 3.97. The molecule has 0 fully saturated rings. The van der Waals surface area contributed by atoms with Crippen molar-refractivity contribution in [2.45, 2.75) is 20.8 Å². The van der Waals surface area contributed by atoms with Gasteiger partial charge in [-0.2, -0.15) is 0 Å². The third kappa shape index (κ3) is 3.55. The van der Waals surface area contributed by atoms with Crippen LogP contribution in [0.5, 0.6) is 5.75 Å². The van der Waals surface area contributed by atoms with Crippen LogP contribution < -0.4 is 10.1 Å². The fourth-order valence-corrected chi connectivity index (χ4v) is 3.06. The Bertz CT molecular complexity index is 961. The minimum absolute atomic E-state index is 0.260. The van der Waals surface area contributed by atoms with Crippen LogP contribution in [0.3, 0.4) is 0 Å². The van der Waals surface area contributed by atoms with E-state index in [1.807, 2.05) is 32.0 Å². The number of rotatable bonds is 4. The summed E-state index contributed by atoms with van der Waals surface area (Å²) in [6, 6.07) is 11.1. The molecule has 0 bridgehead atoms. The first-order valence-corrected chi connectivity index (χ1v) is 8.42. The van der Waals surface area contributed by atoms with Gasteiger partial charge >= 0.3 is 0 Å². The van der Waals surface area contributed by atoms with Gasteiger partial charge in [0.25, 0.3) is 5.91 Å². The molecule has 0 radical (unpaired) electrons. The molecule has 2 aromatic carbocycles. The van der Waals surface area contributed by atoms with Crippen molar-refractivity contribution in [3.05, 3.63) is 63.9 Å². The van der Waals surface area contributed by atoms with E-state index in [0.29, 0.717) is 22.2 Å². The van der Waals surface area contributed by atoms with Gasteiger partial charge in [-0.3, -0.25) is 4.79 Å². The summed E-state index contributed by atoms with van der Waals surface area (Å²) in [4.78, 5) is 12.6. The number of aryl methyl sites for hydroxylation is 2. The van der Waals surface area contributed by atoms with Gasteiger partial charge in [0.05, 0.1) is 23.5 Å². The topological polar surface area (TPSA) is 69.0 Å². The van der Waals surface area contributed by atoms with Crippen molar-refractivity contribution < 1.29 is 9.53 Å². The molecular weight excluding hydrogens is 352 g/mol. The zero-order valence-electron chi connectivity index (χ0n) is 15.0. The van der Waals surface area contributed by atoms with Gasteiger partial charge in [0.15, 0.2) is 5.69 Å². The molecule has 1 amide bonds. The van der Waals surface area contributed by atoms with Crippen LogP contribution in [0.2, 0.25) is 5.02 Å². The van der Waals surface area contributed by atoms with E-state index in [-0.39, 0.29) is 11.6 Å². The molecule has 0 saturated heterocycles. The van der Waals surface area contributed by atoms with Crippen LogP contribution in [-0.2, 0) is 0 Å². The second kappa shape index (κ2) is 7.17. The van der Waals surface area contributed by atoms with Gasteiger partial charge in [-0.25, -0.2) is 4.68 Å². The number of carbonyl (C=O) groups excluding carboxylic acids is 1. The summed E-state index contributed by atoms with van der Waals surface area (Å²) >= 11 is 6.17. The quantitative estimate of drug-likeness (QED) is 0.750. The van der Waals surface area contributed by atoms with Crippen molar-refractivity contribution >= 4 is 23.2 Å². The van der Waals surface area contributed by atoms with Gasteiger partial charge in [-0.15, -0.1) is 5.10 Å². The average molecular weight is 371 g/mol. The molecule has 1 N–H and O–H groups in total. The Morgan fingerprint density at radius 1 is 1.12 bits per heavy atom. The van der Waals surface area contributed by atoms with Crippen LogP contribution in [0.4, 0.5) is 5.69 Å². The summed E-state index contributed by atoms with van der Waals surface area (Å²) in [5.74, 6) is 0.263. The van der Waals surface area contributed by atoms with Crippen LogP contribution in [0.1, 0.15) is 27.3 Å². The molecule has 3 aromatic rings. The Balaban J connectivity index is 1.88. The third-order valence-corrected chi connectivity index (χ3v) is 4.26. The number of nitrogens with one attached hydrogen (secondary N) is 1. The van der Waals surface area contributed by atoms with Crippen molar-refractivity contribution in [1.29, 1.82) is 0 Å². The second-order valence-corrected chi connectivity index (χ2v) is 6.49. The lowest BCUT2D eigenvalue weighted by atomic mass is 10.1. The predicted molar refractivity (Wildman–Crippen MR) is 102 cm³/mol. The fraction of sp³-hybridized carbons (Fsp3) is 0.211. The largest absolute Gasteiger partial charge is 0.495 e. The maximum Gasteiger partial charge on any atom is 0.278 e. The molecule has 1 heterocycles. The maximum absolute atomic E-state index is 12.6. The van der Waals surface area contributed by atoms with Gasteiger partial charge in [-0.1, -0.05) is 22.9 Å². The summed E-state index contributed by atoms with van der Waals surface area (Å²) < 4.78 is 6.72. The highest BCUT2D eigenvalue weighted by Gasteiger charge is 2.18. The standard InChI is InChI=1S/C19H19ClN4O2/c1-11-7-12(2)9-14(8-11)21-19(25)18-13(3)24(23-22-18)15-5-6-17(26-4)16(20)10-15/h5-10H,1-4H3,(H,21,25). The summed E-state index contributed by atoms with van der Waals surface area (Å²) in [5, 5.41) is 11.5. The van der Waals surface area contributed by atoms with E-state index >= 15 is 0 Å². The molecule has 134 valence electrons. The van der Waals surface area contributed by atoms with Gasteiger partial charge in [0.1, 0.15) is 5.75 Å². The number of hydrogen-bond acceptors (Lipinski definition) is 4. The number of methoxy groups -OCH3 is 1. The first-order chi connectivity index (χ1) is 12.4. The van der Waals surface area contributed by atoms with Crippen molar-refractivity contribution in [3.63, 3.8) is 0 Å². The average Bonchev–Trinajstić information content (AvgIpc) is 2.95. The molecule has 0 atom stereocenters. The highest BCUT2D eigenvalue weighted by atomic mass is 35.5. The smallest absolute Gasteiger partial charge is 0.278 e. The molecule has 3 rings (SSSR count). The molecule has 1 aromatic heterocycles. The van der Waals surface area contributed by atoms with Crippen LogP contribution in [0.25, 0.3) is 5.69 Å². The Kier molecular flexibility index (Phi) is 4.95. The van der Waals surface area contributed by atoms with E-state index < -0.39 is 0 Å². The van der Waals surface area contributed by atoms with E-state index in [9.17, 15) is 4.79 Å². The zero-order chi connectivity index (χ0) is 18.8. The lowest BCUT2D eigenvalue weighted by molar-refractivity contribution is 0.102. The van der Waals surface area contributed by atoms with Gasteiger partial charge in [0.2, 0.25) is 0 Å². The Morgan fingerprint density at radius 3 is 2.42 bits per heavy atom.